The number of hydrogen-bond donors (Lipinski definition) is 0. The highest BCUT2D eigenvalue weighted by molar-refractivity contribution is 6.11. The van der Waals surface area contributed by atoms with Crippen LogP contribution in [-0.4, -0.2) is 86.8 Å². The van der Waals surface area contributed by atoms with E-state index in [0.717, 1.165) is 6.54 Å². The second-order valence-corrected chi connectivity index (χ2v) is 11.2. The number of rotatable bonds is 4. The van der Waals surface area contributed by atoms with Crippen LogP contribution in [0.3, 0.4) is 0 Å². The second-order valence-electron chi connectivity index (χ2n) is 11.2. The van der Waals surface area contributed by atoms with Crippen LogP contribution in [0.2, 0.25) is 0 Å². The lowest BCUT2D eigenvalue weighted by Crippen LogP contribution is -2.90. The first-order chi connectivity index (χ1) is 17.1. The van der Waals surface area contributed by atoms with Gasteiger partial charge in [0, 0.05) is 49.8 Å². The van der Waals surface area contributed by atoms with Gasteiger partial charge in [-0.3, -0.25) is 19.4 Å². The van der Waals surface area contributed by atoms with Gasteiger partial charge in [0.1, 0.15) is 0 Å². The number of amides is 6. The molecule has 4 fully saturated rings. The molecule has 190 valence electrons. The van der Waals surface area contributed by atoms with Crippen molar-refractivity contribution >= 4 is 34.8 Å². The van der Waals surface area contributed by atoms with Crippen LogP contribution in [0.5, 0.6) is 0 Å². The fourth-order valence-corrected chi connectivity index (χ4v) is 7.55. The molecule has 1 aromatic carbocycles. The van der Waals surface area contributed by atoms with Gasteiger partial charge in [-0.05, 0) is 52.2 Å². The third kappa shape index (κ3) is 2.46. The van der Waals surface area contributed by atoms with Gasteiger partial charge in [0.15, 0.2) is 0 Å². The minimum atomic E-state index is -1.08. The number of nitrogens with zero attached hydrogens (tertiary/aromatic N) is 5. The van der Waals surface area contributed by atoms with Gasteiger partial charge in [0.25, 0.3) is 0 Å². The highest BCUT2D eigenvalue weighted by Crippen LogP contribution is 2.65. The van der Waals surface area contributed by atoms with Crippen LogP contribution < -0.4 is 0 Å². The number of urea groups is 2. The first-order valence-electron chi connectivity index (χ1n) is 12.8. The zero-order chi connectivity index (χ0) is 25.7. The molecule has 0 radical (unpaired) electrons. The maximum Gasteiger partial charge on any atom is 0.327 e. The molecule has 2 aromatic rings. The fourth-order valence-electron chi connectivity index (χ4n) is 7.55. The number of para-hydroxylation sites is 1. The summed E-state index contributed by atoms with van der Waals surface area (Å²) >= 11 is 0. The Bertz CT molecular complexity index is 1350. The first kappa shape index (κ1) is 23.1. The molecule has 0 spiro atoms. The van der Waals surface area contributed by atoms with Crippen molar-refractivity contribution in [2.24, 2.45) is 10.8 Å². The molecule has 2 unspecified atom stereocenters. The summed E-state index contributed by atoms with van der Waals surface area (Å²) in [4.78, 5) is 60.2. The molecular formula is C27H33N5O4. The fraction of sp³-hybridized carbons (Fsp3) is 0.556. The topological polar surface area (TPSA) is 86.2 Å². The van der Waals surface area contributed by atoms with E-state index in [1.807, 2.05) is 19.1 Å². The van der Waals surface area contributed by atoms with Crippen molar-refractivity contribution in [3.05, 3.63) is 35.5 Å². The number of likely N-dealkylation sites (N-methyl/N-ethyl adjacent to an activating group) is 1. The Hall–Kier alpha value is -3.36. The highest BCUT2D eigenvalue weighted by Gasteiger charge is 2.82. The molecule has 1 saturated carbocycles. The molecule has 1 aliphatic carbocycles. The number of hydrogen-bond acceptors (Lipinski definition) is 4. The van der Waals surface area contributed by atoms with Crippen LogP contribution in [0.25, 0.3) is 10.9 Å². The van der Waals surface area contributed by atoms with E-state index in [2.05, 4.69) is 30.5 Å². The third-order valence-electron chi connectivity index (χ3n) is 9.79. The van der Waals surface area contributed by atoms with Crippen molar-refractivity contribution < 1.29 is 19.2 Å². The van der Waals surface area contributed by atoms with Crippen LogP contribution in [0.1, 0.15) is 37.9 Å². The average molecular weight is 492 g/mol. The van der Waals surface area contributed by atoms with E-state index in [1.54, 1.807) is 23.8 Å². The van der Waals surface area contributed by atoms with E-state index >= 15 is 0 Å². The molecule has 1 aromatic heterocycles. The van der Waals surface area contributed by atoms with Crippen LogP contribution in [-0.2, 0) is 16.1 Å². The number of carbonyl (C=O) groups is 4. The Kier molecular flexibility index (Phi) is 4.70. The molecule has 9 heteroatoms. The van der Waals surface area contributed by atoms with E-state index in [-0.39, 0.29) is 37.0 Å². The van der Waals surface area contributed by atoms with Crippen molar-refractivity contribution in [1.29, 1.82) is 0 Å². The minimum Gasteiger partial charge on any atom is -0.345 e. The van der Waals surface area contributed by atoms with Crippen LogP contribution in [0.15, 0.2) is 24.3 Å². The van der Waals surface area contributed by atoms with E-state index in [0.29, 0.717) is 19.4 Å². The molecule has 36 heavy (non-hydrogen) atoms. The highest BCUT2D eigenvalue weighted by atomic mass is 16.2. The van der Waals surface area contributed by atoms with Gasteiger partial charge >= 0.3 is 12.1 Å². The zero-order valence-electron chi connectivity index (χ0n) is 21.6. The molecule has 0 N–H and O–H groups in total. The Balaban J connectivity index is 1.36. The van der Waals surface area contributed by atoms with Gasteiger partial charge in [0.2, 0.25) is 11.8 Å². The summed E-state index contributed by atoms with van der Waals surface area (Å²) in [6.07, 6.45) is 1.08. The molecule has 4 atom stereocenters. The predicted molar refractivity (Wildman–Crippen MR) is 133 cm³/mol. The van der Waals surface area contributed by atoms with Gasteiger partial charge in [-0.25, -0.2) is 9.59 Å². The molecule has 3 saturated heterocycles. The first-order valence-corrected chi connectivity index (χ1v) is 12.8. The van der Waals surface area contributed by atoms with Crippen molar-refractivity contribution in [2.75, 3.05) is 26.7 Å². The number of aromatic nitrogens is 1. The Labute approximate surface area is 210 Å². The summed E-state index contributed by atoms with van der Waals surface area (Å²) in [5.74, 6) is -0.572. The Morgan fingerprint density at radius 1 is 0.861 bits per heavy atom. The second kappa shape index (κ2) is 7.33. The number of carbonyl (C=O) groups excluding carboxylic acids is 4. The number of fused-ring (bicyclic) bond motifs is 4. The Morgan fingerprint density at radius 2 is 1.47 bits per heavy atom. The van der Waals surface area contributed by atoms with Gasteiger partial charge < -0.3 is 14.4 Å². The van der Waals surface area contributed by atoms with E-state index < -0.39 is 22.9 Å². The van der Waals surface area contributed by atoms with E-state index in [9.17, 15) is 19.2 Å². The Morgan fingerprint density at radius 3 is 2.17 bits per heavy atom. The molecule has 6 rings (SSSR count). The zero-order valence-corrected chi connectivity index (χ0v) is 21.6. The number of imide groups is 2. The third-order valence-corrected chi connectivity index (χ3v) is 9.79. The lowest BCUT2D eigenvalue weighted by atomic mass is 9.41. The molecule has 9 nitrogen and oxygen atoms in total. The summed E-state index contributed by atoms with van der Waals surface area (Å²) in [6, 6.07) is 6.63. The van der Waals surface area contributed by atoms with Gasteiger partial charge in [0.05, 0.1) is 22.9 Å². The summed E-state index contributed by atoms with van der Waals surface area (Å²) in [5, 5.41) is 1.23. The van der Waals surface area contributed by atoms with Gasteiger partial charge in [-0.2, -0.15) is 0 Å². The minimum absolute atomic E-state index is 0.207. The van der Waals surface area contributed by atoms with E-state index in [1.165, 1.54) is 32.0 Å². The number of benzene rings is 1. The monoisotopic (exact) mass is 491 g/mol. The number of aryl methyl sites for hydroxylation is 2. The van der Waals surface area contributed by atoms with Crippen molar-refractivity contribution in [1.82, 2.24) is 24.2 Å². The molecule has 4 bridgehead atoms. The van der Waals surface area contributed by atoms with Crippen molar-refractivity contribution in [2.45, 2.75) is 59.2 Å². The largest absolute Gasteiger partial charge is 0.345 e. The predicted octanol–water partition coefficient (Wildman–Crippen LogP) is 2.97. The molecule has 4 heterocycles. The SMILES string of the molecule is Cc1c(C)n(CCCN2C(=O)N3CCCN4C(=O)N(C)C5C2[C@@](C)(C3=O)[C@@]5(C)C4=O)c2ccccc12. The molecule has 6 amide bonds. The quantitative estimate of drug-likeness (QED) is 0.658. The summed E-state index contributed by atoms with van der Waals surface area (Å²) in [7, 11) is 1.69. The van der Waals surface area contributed by atoms with Crippen molar-refractivity contribution in [3.8, 4) is 0 Å². The summed E-state index contributed by atoms with van der Waals surface area (Å²) in [6.45, 7) is 9.46. The smallest absolute Gasteiger partial charge is 0.327 e. The molecule has 4 aliphatic rings. The van der Waals surface area contributed by atoms with Crippen LogP contribution in [0.4, 0.5) is 9.59 Å². The lowest BCUT2D eigenvalue weighted by Gasteiger charge is -2.72. The average Bonchev–Trinajstić information content (AvgIpc) is 3.09. The maximum atomic E-state index is 13.8. The van der Waals surface area contributed by atoms with Gasteiger partial charge in [-0.1, -0.05) is 18.2 Å². The summed E-state index contributed by atoms with van der Waals surface area (Å²) < 4.78 is 2.29. The van der Waals surface area contributed by atoms with Gasteiger partial charge in [-0.15, -0.1) is 0 Å². The van der Waals surface area contributed by atoms with E-state index in [4.69, 9.17) is 0 Å². The summed E-state index contributed by atoms with van der Waals surface area (Å²) in [5.41, 5.74) is 1.48. The molecular weight excluding hydrogens is 458 g/mol. The van der Waals surface area contributed by atoms with Crippen LogP contribution in [0, 0.1) is 24.7 Å². The lowest BCUT2D eigenvalue weighted by molar-refractivity contribution is -0.226. The van der Waals surface area contributed by atoms with Crippen molar-refractivity contribution in [3.63, 3.8) is 0 Å². The standard InChI is InChI=1S/C27H33N5O4/c1-16-17(2)29(19-11-7-6-10-18(16)19)12-8-13-30-21-20-26(3)22(33)31(24(35)28(20)5)14-9-15-32(25(30)36)23(34)27(21,26)4/h6-7,10-11,20-21H,8-9,12-15H2,1-5H3/t20?,21?,26-,27+/m1/s1. The maximum absolute atomic E-state index is 13.8. The molecule has 3 aliphatic heterocycles. The normalized spacial score (nSPS) is 31.7. The van der Waals surface area contributed by atoms with Crippen LogP contribution >= 0.6 is 0 Å².